The third-order valence-electron chi connectivity index (χ3n) is 5.31. The number of rotatable bonds is 7. The Bertz CT molecular complexity index is 1000. The van der Waals surface area contributed by atoms with Crippen molar-refractivity contribution in [2.24, 2.45) is 0 Å². The van der Waals surface area contributed by atoms with Crippen LogP contribution in [-0.2, 0) is 13.1 Å². The summed E-state index contributed by atoms with van der Waals surface area (Å²) in [5.74, 6) is -0.424. The Balaban J connectivity index is 1.66. The van der Waals surface area contributed by atoms with Gasteiger partial charge in [0.05, 0.1) is 17.7 Å². The van der Waals surface area contributed by atoms with Crippen molar-refractivity contribution in [2.45, 2.75) is 32.9 Å². The van der Waals surface area contributed by atoms with E-state index in [1.165, 1.54) is 10.5 Å². The van der Waals surface area contributed by atoms with Gasteiger partial charge in [-0.15, -0.1) is 0 Å². The van der Waals surface area contributed by atoms with E-state index in [1.54, 1.807) is 24.3 Å². The third kappa shape index (κ3) is 3.32. The maximum atomic E-state index is 12.8. The van der Waals surface area contributed by atoms with Gasteiger partial charge in [0.2, 0.25) is 0 Å². The molecule has 3 aromatic carbocycles. The van der Waals surface area contributed by atoms with Crippen molar-refractivity contribution in [3.63, 3.8) is 0 Å². The Hall–Kier alpha value is -2.98. The molecule has 0 saturated heterocycles. The molecule has 4 rings (SSSR count). The summed E-state index contributed by atoms with van der Waals surface area (Å²) in [6, 6.07) is 19.4. The molecular formula is C24H24N2O2. The highest BCUT2D eigenvalue weighted by molar-refractivity contribution is 6.21. The SMILES string of the molecule is CCCCNCc1cccc2cccc(CN3C(=O)c4ccccc4C3=O)c12. The van der Waals surface area contributed by atoms with Crippen LogP contribution in [0.15, 0.2) is 60.7 Å². The van der Waals surface area contributed by atoms with Crippen LogP contribution in [0.25, 0.3) is 10.8 Å². The van der Waals surface area contributed by atoms with Crippen molar-refractivity contribution >= 4 is 22.6 Å². The van der Waals surface area contributed by atoms with Crippen molar-refractivity contribution in [1.82, 2.24) is 10.2 Å². The first-order valence-corrected chi connectivity index (χ1v) is 9.86. The topological polar surface area (TPSA) is 49.4 Å². The lowest BCUT2D eigenvalue weighted by molar-refractivity contribution is 0.0643. The first-order chi connectivity index (χ1) is 13.7. The number of amides is 2. The fourth-order valence-electron chi connectivity index (χ4n) is 3.86. The first-order valence-electron chi connectivity index (χ1n) is 9.86. The zero-order valence-corrected chi connectivity index (χ0v) is 16.1. The van der Waals surface area contributed by atoms with Crippen LogP contribution in [-0.4, -0.2) is 23.3 Å². The minimum Gasteiger partial charge on any atom is -0.313 e. The molecule has 4 heteroatoms. The standard InChI is InChI=1S/C24H24N2O2/c1-2-3-14-25-15-18-10-6-8-17-9-7-11-19(22(17)18)16-26-23(27)20-12-4-5-13-21(20)24(26)28/h4-13,25H,2-3,14-16H2,1H3. The third-order valence-corrected chi connectivity index (χ3v) is 5.31. The number of fused-ring (bicyclic) bond motifs is 2. The highest BCUT2D eigenvalue weighted by Gasteiger charge is 2.35. The summed E-state index contributed by atoms with van der Waals surface area (Å²) in [4.78, 5) is 26.9. The Morgan fingerprint density at radius 1 is 0.821 bits per heavy atom. The second-order valence-corrected chi connectivity index (χ2v) is 7.20. The maximum Gasteiger partial charge on any atom is 0.261 e. The fraction of sp³-hybridized carbons (Fsp3) is 0.250. The van der Waals surface area contributed by atoms with E-state index in [4.69, 9.17) is 0 Å². The normalized spacial score (nSPS) is 13.4. The second kappa shape index (κ2) is 7.95. The predicted octanol–water partition coefficient (Wildman–Crippen LogP) is 4.53. The van der Waals surface area contributed by atoms with Gasteiger partial charge < -0.3 is 5.32 Å². The van der Waals surface area contributed by atoms with Gasteiger partial charge in [-0.25, -0.2) is 0 Å². The molecule has 1 N–H and O–H groups in total. The first kappa shape index (κ1) is 18.4. The van der Waals surface area contributed by atoms with Gasteiger partial charge in [0.15, 0.2) is 0 Å². The monoisotopic (exact) mass is 372 g/mol. The number of nitrogens with zero attached hydrogens (tertiary/aromatic N) is 1. The molecule has 0 radical (unpaired) electrons. The molecule has 3 aromatic rings. The molecule has 28 heavy (non-hydrogen) atoms. The fourth-order valence-corrected chi connectivity index (χ4v) is 3.86. The van der Waals surface area contributed by atoms with Gasteiger partial charge in [-0.1, -0.05) is 61.9 Å². The molecule has 2 amide bonds. The molecule has 142 valence electrons. The average molecular weight is 372 g/mol. The number of hydrogen-bond donors (Lipinski definition) is 1. The summed E-state index contributed by atoms with van der Waals surface area (Å²) < 4.78 is 0. The highest BCUT2D eigenvalue weighted by Crippen LogP contribution is 2.28. The van der Waals surface area contributed by atoms with Gasteiger partial charge in [-0.05, 0) is 47.0 Å². The van der Waals surface area contributed by atoms with Crippen molar-refractivity contribution in [1.29, 1.82) is 0 Å². The molecule has 0 spiro atoms. The lowest BCUT2D eigenvalue weighted by Gasteiger charge is -2.17. The van der Waals surface area contributed by atoms with Crippen LogP contribution < -0.4 is 5.32 Å². The molecule has 0 unspecified atom stereocenters. The van der Waals surface area contributed by atoms with Crippen LogP contribution in [0.3, 0.4) is 0 Å². The Labute approximate surface area is 165 Å². The molecule has 0 aliphatic carbocycles. The number of imide groups is 1. The Kier molecular flexibility index (Phi) is 5.22. The molecule has 0 fully saturated rings. The second-order valence-electron chi connectivity index (χ2n) is 7.20. The Morgan fingerprint density at radius 3 is 2.11 bits per heavy atom. The van der Waals surface area contributed by atoms with Crippen molar-refractivity contribution in [3.8, 4) is 0 Å². The molecule has 0 saturated carbocycles. The largest absolute Gasteiger partial charge is 0.313 e. The summed E-state index contributed by atoms with van der Waals surface area (Å²) in [7, 11) is 0. The molecule has 1 aliphatic rings. The molecule has 1 heterocycles. The van der Waals surface area contributed by atoms with Crippen LogP contribution in [0.1, 0.15) is 51.6 Å². The molecule has 0 aromatic heterocycles. The molecule has 0 atom stereocenters. The van der Waals surface area contributed by atoms with Gasteiger partial charge in [-0.3, -0.25) is 14.5 Å². The number of carbonyl (C=O) groups is 2. The lowest BCUT2D eigenvalue weighted by Crippen LogP contribution is -2.29. The lowest BCUT2D eigenvalue weighted by atomic mass is 9.98. The van der Waals surface area contributed by atoms with Gasteiger partial charge >= 0.3 is 0 Å². The molecule has 0 bridgehead atoms. The maximum absolute atomic E-state index is 12.8. The van der Waals surface area contributed by atoms with E-state index in [1.807, 2.05) is 12.1 Å². The van der Waals surface area contributed by atoms with Gasteiger partial charge in [0, 0.05) is 6.54 Å². The van der Waals surface area contributed by atoms with Crippen molar-refractivity contribution in [2.75, 3.05) is 6.54 Å². The average Bonchev–Trinajstić information content (AvgIpc) is 2.96. The van der Waals surface area contributed by atoms with Crippen LogP contribution >= 0.6 is 0 Å². The van der Waals surface area contributed by atoms with Gasteiger partial charge in [0.1, 0.15) is 0 Å². The smallest absolute Gasteiger partial charge is 0.261 e. The zero-order valence-electron chi connectivity index (χ0n) is 16.1. The predicted molar refractivity (Wildman–Crippen MR) is 111 cm³/mol. The van der Waals surface area contributed by atoms with E-state index in [-0.39, 0.29) is 18.4 Å². The van der Waals surface area contributed by atoms with E-state index in [0.717, 1.165) is 42.3 Å². The summed E-state index contributed by atoms with van der Waals surface area (Å²) >= 11 is 0. The van der Waals surface area contributed by atoms with E-state index in [2.05, 4.69) is 36.5 Å². The van der Waals surface area contributed by atoms with Crippen LogP contribution in [0.4, 0.5) is 0 Å². The highest BCUT2D eigenvalue weighted by atomic mass is 16.2. The zero-order chi connectivity index (χ0) is 19.5. The number of unbranched alkanes of at least 4 members (excludes halogenated alkanes) is 1. The van der Waals surface area contributed by atoms with Crippen LogP contribution in [0.2, 0.25) is 0 Å². The summed E-state index contributed by atoms with van der Waals surface area (Å²) in [6.07, 6.45) is 2.31. The van der Waals surface area contributed by atoms with Gasteiger partial charge in [0.25, 0.3) is 11.8 Å². The van der Waals surface area contributed by atoms with E-state index in [0.29, 0.717) is 11.1 Å². The number of nitrogens with one attached hydrogen (secondary N) is 1. The van der Waals surface area contributed by atoms with Crippen LogP contribution in [0, 0.1) is 0 Å². The number of carbonyl (C=O) groups excluding carboxylic acids is 2. The summed E-state index contributed by atoms with van der Waals surface area (Å²) in [5, 5.41) is 5.76. The van der Waals surface area contributed by atoms with E-state index < -0.39 is 0 Å². The van der Waals surface area contributed by atoms with Crippen LogP contribution in [0.5, 0.6) is 0 Å². The molecule has 4 nitrogen and oxygen atoms in total. The summed E-state index contributed by atoms with van der Waals surface area (Å²) in [5.41, 5.74) is 3.18. The van der Waals surface area contributed by atoms with Gasteiger partial charge in [-0.2, -0.15) is 0 Å². The Morgan fingerprint density at radius 2 is 1.46 bits per heavy atom. The molecule has 1 aliphatic heterocycles. The quantitative estimate of drug-likeness (QED) is 0.490. The van der Waals surface area contributed by atoms with Crippen molar-refractivity contribution in [3.05, 3.63) is 82.9 Å². The van der Waals surface area contributed by atoms with E-state index >= 15 is 0 Å². The number of hydrogen-bond acceptors (Lipinski definition) is 3. The minimum absolute atomic E-state index is 0.212. The van der Waals surface area contributed by atoms with Crippen molar-refractivity contribution < 1.29 is 9.59 Å². The minimum atomic E-state index is -0.212. The number of benzene rings is 3. The van der Waals surface area contributed by atoms with E-state index in [9.17, 15) is 9.59 Å². The molecular weight excluding hydrogens is 348 g/mol. The summed E-state index contributed by atoms with van der Waals surface area (Å²) in [6.45, 7) is 4.22.